The van der Waals surface area contributed by atoms with Gasteiger partial charge in [0.2, 0.25) is 17.6 Å². The zero-order valence-corrected chi connectivity index (χ0v) is 17.3. The van der Waals surface area contributed by atoms with Crippen molar-refractivity contribution in [3.8, 4) is 17.1 Å². The number of rotatable bonds is 6. The molecule has 2 heterocycles. The standard InChI is InChI=1S/C23H26N4O3/c1-16-4-3-5-19(14-16)24-21(28)15-27-12-10-18(11-13-27)23-25-22(26-30-23)17-6-8-20(29-2)9-7-17/h3-9,14,18H,10-13,15H2,1-2H3,(H,24,28). The van der Waals surface area contributed by atoms with Gasteiger partial charge in [-0.2, -0.15) is 4.98 Å². The molecule has 1 aliphatic rings. The number of nitrogens with zero attached hydrogens (tertiary/aromatic N) is 3. The highest BCUT2D eigenvalue weighted by molar-refractivity contribution is 5.92. The minimum absolute atomic E-state index is 0.0126. The van der Waals surface area contributed by atoms with E-state index in [9.17, 15) is 4.79 Å². The Morgan fingerprint density at radius 3 is 2.67 bits per heavy atom. The number of piperidine rings is 1. The maximum Gasteiger partial charge on any atom is 0.238 e. The molecule has 2 aromatic carbocycles. The molecule has 4 rings (SSSR count). The predicted octanol–water partition coefficient (Wildman–Crippen LogP) is 3.87. The molecule has 30 heavy (non-hydrogen) atoms. The Morgan fingerprint density at radius 1 is 1.20 bits per heavy atom. The fourth-order valence-corrected chi connectivity index (χ4v) is 3.72. The summed E-state index contributed by atoms with van der Waals surface area (Å²) in [5.41, 5.74) is 2.87. The summed E-state index contributed by atoms with van der Waals surface area (Å²) in [5, 5.41) is 7.11. The van der Waals surface area contributed by atoms with Crippen molar-refractivity contribution in [2.45, 2.75) is 25.7 Å². The first-order valence-electron chi connectivity index (χ1n) is 10.2. The fourth-order valence-electron chi connectivity index (χ4n) is 3.72. The van der Waals surface area contributed by atoms with Gasteiger partial charge in [-0.3, -0.25) is 9.69 Å². The molecule has 0 atom stereocenters. The normalized spacial score (nSPS) is 15.1. The van der Waals surface area contributed by atoms with Crippen molar-refractivity contribution in [3.63, 3.8) is 0 Å². The van der Waals surface area contributed by atoms with E-state index in [0.717, 1.165) is 48.5 Å². The largest absolute Gasteiger partial charge is 0.497 e. The third kappa shape index (κ3) is 4.86. The SMILES string of the molecule is COc1ccc(-c2noc(C3CCN(CC(=O)Nc4cccc(C)c4)CC3)n2)cc1. The molecule has 0 spiro atoms. The Labute approximate surface area is 176 Å². The minimum atomic E-state index is 0.0126. The van der Waals surface area contributed by atoms with Crippen LogP contribution in [0, 0.1) is 6.92 Å². The second-order valence-corrected chi connectivity index (χ2v) is 7.65. The molecule has 1 fully saturated rings. The van der Waals surface area contributed by atoms with E-state index in [1.54, 1.807) is 7.11 Å². The van der Waals surface area contributed by atoms with Crippen LogP contribution in [0.15, 0.2) is 53.1 Å². The number of likely N-dealkylation sites (tertiary alicyclic amines) is 1. The molecule has 1 aliphatic heterocycles. The molecule has 1 saturated heterocycles. The zero-order valence-electron chi connectivity index (χ0n) is 17.3. The van der Waals surface area contributed by atoms with E-state index >= 15 is 0 Å². The number of nitrogens with one attached hydrogen (secondary N) is 1. The van der Waals surface area contributed by atoms with E-state index in [1.165, 1.54) is 0 Å². The molecule has 0 bridgehead atoms. The number of methoxy groups -OCH3 is 1. The first-order chi connectivity index (χ1) is 14.6. The highest BCUT2D eigenvalue weighted by atomic mass is 16.5. The van der Waals surface area contributed by atoms with Gasteiger partial charge in [-0.1, -0.05) is 17.3 Å². The number of benzene rings is 2. The smallest absolute Gasteiger partial charge is 0.238 e. The van der Waals surface area contributed by atoms with Crippen LogP contribution in [0.2, 0.25) is 0 Å². The lowest BCUT2D eigenvalue weighted by atomic mass is 9.97. The van der Waals surface area contributed by atoms with Crippen LogP contribution in [-0.2, 0) is 4.79 Å². The highest BCUT2D eigenvalue weighted by Gasteiger charge is 2.26. The van der Waals surface area contributed by atoms with Crippen LogP contribution in [0.5, 0.6) is 5.75 Å². The molecule has 0 radical (unpaired) electrons. The Bertz CT molecular complexity index is 992. The van der Waals surface area contributed by atoms with Crippen LogP contribution in [0.25, 0.3) is 11.4 Å². The van der Waals surface area contributed by atoms with Gasteiger partial charge in [0.15, 0.2) is 0 Å². The molecule has 0 unspecified atom stereocenters. The molecule has 7 heteroatoms. The minimum Gasteiger partial charge on any atom is -0.497 e. The monoisotopic (exact) mass is 406 g/mol. The third-order valence-electron chi connectivity index (χ3n) is 5.40. The quantitative estimate of drug-likeness (QED) is 0.669. The molecule has 7 nitrogen and oxygen atoms in total. The summed E-state index contributed by atoms with van der Waals surface area (Å²) in [6, 6.07) is 15.4. The summed E-state index contributed by atoms with van der Waals surface area (Å²) < 4.78 is 10.7. The Morgan fingerprint density at radius 2 is 1.97 bits per heavy atom. The average molecular weight is 406 g/mol. The van der Waals surface area contributed by atoms with Crippen LogP contribution in [-0.4, -0.2) is 47.7 Å². The lowest BCUT2D eigenvalue weighted by Crippen LogP contribution is -2.38. The van der Waals surface area contributed by atoms with E-state index in [1.807, 2.05) is 55.5 Å². The van der Waals surface area contributed by atoms with E-state index in [2.05, 4.69) is 20.4 Å². The van der Waals surface area contributed by atoms with Gasteiger partial charge in [0.25, 0.3) is 0 Å². The lowest BCUT2D eigenvalue weighted by molar-refractivity contribution is -0.117. The van der Waals surface area contributed by atoms with Crippen LogP contribution in [0.3, 0.4) is 0 Å². The van der Waals surface area contributed by atoms with Gasteiger partial charge in [-0.15, -0.1) is 0 Å². The van der Waals surface area contributed by atoms with E-state index in [0.29, 0.717) is 18.3 Å². The molecule has 156 valence electrons. The molecular weight excluding hydrogens is 380 g/mol. The van der Waals surface area contributed by atoms with Crippen molar-refractivity contribution >= 4 is 11.6 Å². The number of amides is 1. The summed E-state index contributed by atoms with van der Waals surface area (Å²) in [7, 11) is 1.64. The van der Waals surface area contributed by atoms with Gasteiger partial charge in [0.1, 0.15) is 5.75 Å². The number of hydrogen-bond donors (Lipinski definition) is 1. The van der Waals surface area contributed by atoms with Crippen LogP contribution < -0.4 is 10.1 Å². The van der Waals surface area contributed by atoms with Crippen LogP contribution in [0.4, 0.5) is 5.69 Å². The molecule has 0 aliphatic carbocycles. The second kappa shape index (κ2) is 9.09. The van der Waals surface area contributed by atoms with Crippen molar-refractivity contribution in [2.24, 2.45) is 0 Å². The first-order valence-corrected chi connectivity index (χ1v) is 10.2. The molecule has 1 aromatic heterocycles. The number of anilines is 1. The predicted molar refractivity (Wildman–Crippen MR) is 115 cm³/mol. The molecule has 1 N–H and O–H groups in total. The second-order valence-electron chi connectivity index (χ2n) is 7.65. The topological polar surface area (TPSA) is 80.5 Å². The van der Waals surface area contributed by atoms with Crippen molar-refractivity contribution in [1.29, 1.82) is 0 Å². The fraction of sp³-hybridized carbons (Fsp3) is 0.348. The summed E-state index contributed by atoms with van der Waals surface area (Å²) in [5.74, 6) is 2.29. The van der Waals surface area contributed by atoms with Gasteiger partial charge in [0, 0.05) is 17.2 Å². The van der Waals surface area contributed by atoms with Gasteiger partial charge in [-0.05, 0) is 74.8 Å². The van der Waals surface area contributed by atoms with Crippen LogP contribution >= 0.6 is 0 Å². The number of aryl methyl sites for hydroxylation is 1. The van der Waals surface area contributed by atoms with E-state index in [4.69, 9.17) is 9.26 Å². The van der Waals surface area contributed by atoms with Crippen LogP contribution in [0.1, 0.15) is 30.2 Å². The average Bonchev–Trinajstić information content (AvgIpc) is 3.24. The van der Waals surface area contributed by atoms with Gasteiger partial charge >= 0.3 is 0 Å². The third-order valence-corrected chi connectivity index (χ3v) is 5.40. The summed E-state index contributed by atoms with van der Waals surface area (Å²) in [6.45, 7) is 4.05. The Hall–Kier alpha value is -3.19. The number of carbonyl (C=O) groups is 1. The lowest BCUT2D eigenvalue weighted by Gasteiger charge is -2.29. The van der Waals surface area contributed by atoms with E-state index < -0.39 is 0 Å². The summed E-state index contributed by atoms with van der Waals surface area (Å²) in [4.78, 5) is 19.1. The maximum absolute atomic E-state index is 12.3. The number of aromatic nitrogens is 2. The number of hydrogen-bond acceptors (Lipinski definition) is 6. The van der Waals surface area contributed by atoms with Gasteiger partial charge in [-0.25, -0.2) is 0 Å². The molecule has 3 aromatic rings. The first kappa shape index (κ1) is 20.1. The van der Waals surface area contributed by atoms with Crippen molar-refractivity contribution in [1.82, 2.24) is 15.0 Å². The Kier molecular flexibility index (Phi) is 6.09. The molecular formula is C23H26N4O3. The highest BCUT2D eigenvalue weighted by Crippen LogP contribution is 2.29. The van der Waals surface area contributed by atoms with Crippen molar-refractivity contribution in [3.05, 3.63) is 60.0 Å². The van der Waals surface area contributed by atoms with E-state index in [-0.39, 0.29) is 11.8 Å². The maximum atomic E-state index is 12.3. The van der Waals surface area contributed by atoms with Gasteiger partial charge < -0.3 is 14.6 Å². The number of carbonyl (C=O) groups excluding carboxylic acids is 1. The zero-order chi connectivity index (χ0) is 20.9. The summed E-state index contributed by atoms with van der Waals surface area (Å²) in [6.07, 6.45) is 1.78. The number of ether oxygens (including phenoxy) is 1. The summed E-state index contributed by atoms with van der Waals surface area (Å²) >= 11 is 0. The van der Waals surface area contributed by atoms with Crippen molar-refractivity contribution in [2.75, 3.05) is 32.1 Å². The molecule has 1 amide bonds. The Balaban J connectivity index is 1.29. The van der Waals surface area contributed by atoms with Crippen molar-refractivity contribution < 1.29 is 14.1 Å². The molecule has 0 saturated carbocycles. The van der Waals surface area contributed by atoms with Gasteiger partial charge in [0.05, 0.1) is 13.7 Å².